The second-order valence-electron chi connectivity index (χ2n) is 5.32. The highest BCUT2D eigenvalue weighted by Gasteiger charge is 2.13. The van der Waals surface area contributed by atoms with Crippen molar-refractivity contribution in [1.82, 2.24) is 10.9 Å². The van der Waals surface area contributed by atoms with Crippen LogP contribution in [0.2, 0.25) is 0 Å². The molecule has 0 unspecified atom stereocenters. The van der Waals surface area contributed by atoms with Gasteiger partial charge in [-0.25, -0.2) is 0 Å². The Balaban J connectivity index is 1.94. The molecule has 0 heterocycles. The van der Waals surface area contributed by atoms with Gasteiger partial charge in [0.15, 0.2) is 0 Å². The Morgan fingerprint density at radius 1 is 0.920 bits per heavy atom. The van der Waals surface area contributed by atoms with Crippen molar-refractivity contribution >= 4 is 11.8 Å². The summed E-state index contributed by atoms with van der Waals surface area (Å²) in [6.45, 7) is 5.23. The van der Waals surface area contributed by atoms with E-state index in [2.05, 4.69) is 10.9 Å². The highest BCUT2D eigenvalue weighted by Crippen LogP contribution is 2.17. The number of ether oxygens (including phenoxy) is 2. The van der Waals surface area contributed by atoms with Gasteiger partial charge in [0.25, 0.3) is 11.8 Å². The van der Waals surface area contributed by atoms with Crippen molar-refractivity contribution in [1.29, 1.82) is 0 Å². The average Bonchev–Trinajstić information content (AvgIpc) is 2.64. The van der Waals surface area contributed by atoms with Gasteiger partial charge in [0, 0.05) is 12.2 Å². The van der Waals surface area contributed by atoms with Gasteiger partial charge in [-0.15, -0.1) is 0 Å². The maximum absolute atomic E-state index is 12.3. The third-order valence-electron chi connectivity index (χ3n) is 3.42. The summed E-state index contributed by atoms with van der Waals surface area (Å²) in [6.07, 6.45) is 0. The van der Waals surface area contributed by atoms with Crippen LogP contribution in [-0.4, -0.2) is 31.6 Å². The van der Waals surface area contributed by atoms with Gasteiger partial charge in [-0.2, -0.15) is 0 Å². The number of carbonyl (C=O) groups excluding carboxylic acids is 2. The molecule has 6 heteroatoms. The first-order valence-electron chi connectivity index (χ1n) is 8.08. The van der Waals surface area contributed by atoms with E-state index in [4.69, 9.17) is 9.47 Å². The Hall–Kier alpha value is -2.86. The molecule has 0 fully saturated rings. The van der Waals surface area contributed by atoms with Crippen LogP contribution in [0.3, 0.4) is 0 Å². The molecular formula is C19H22N2O4. The quantitative estimate of drug-likeness (QED) is 0.599. The van der Waals surface area contributed by atoms with Gasteiger partial charge < -0.3 is 9.47 Å². The molecule has 0 aromatic heterocycles. The second-order valence-corrected chi connectivity index (χ2v) is 5.32. The molecule has 2 aromatic rings. The van der Waals surface area contributed by atoms with Crippen molar-refractivity contribution in [3.05, 3.63) is 65.2 Å². The lowest BCUT2D eigenvalue weighted by atomic mass is 10.1. The lowest BCUT2D eigenvalue weighted by Gasteiger charge is -2.12. The smallest absolute Gasteiger partial charge is 0.273 e. The Morgan fingerprint density at radius 3 is 2.32 bits per heavy atom. The summed E-state index contributed by atoms with van der Waals surface area (Å²) >= 11 is 0. The standard InChI is InChI=1S/C19H22N2O4/c1-3-24-12-13-25-17-7-5-4-6-16(17)19(23)21-20-18(22)15-10-8-14(2)9-11-15/h4-11H,3,12-13H2,1-2H3,(H,20,22)(H,21,23). The molecule has 0 saturated heterocycles. The largest absolute Gasteiger partial charge is 0.490 e. The van der Waals surface area contributed by atoms with Crippen LogP contribution < -0.4 is 15.6 Å². The molecule has 132 valence electrons. The zero-order chi connectivity index (χ0) is 18.1. The van der Waals surface area contributed by atoms with Crippen LogP contribution in [-0.2, 0) is 4.74 Å². The van der Waals surface area contributed by atoms with Crippen LogP contribution >= 0.6 is 0 Å². The number of benzene rings is 2. The molecule has 0 radical (unpaired) electrons. The van der Waals surface area contributed by atoms with E-state index >= 15 is 0 Å². The summed E-state index contributed by atoms with van der Waals surface area (Å²) in [5.41, 5.74) is 6.66. The van der Waals surface area contributed by atoms with Gasteiger partial charge in [-0.05, 0) is 38.1 Å². The van der Waals surface area contributed by atoms with Crippen molar-refractivity contribution in [2.75, 3.05) is 19.8 Å². The van der Waals surface area contributed by atoms with Gasteiger partial charge in [-0.1, -0.05) is 29.8 Å². The number of para-hydroxylation sites is 1. The fraction of sp³-hybridized carbons (Fsp3) is 0.263. The van der Waals surface area contributed by atoms with Crippen LogP contribution in [0.5, 0.6) is 5.75 Å². The molecule has 2 rings (SSSR count). The molecular weight excluding hydrogens is 320 g/mol. The number of hydrogen-bond donors (Lipinski definition) is 2. The predicted octanol–water partition coefficient (Wildman–Crippen LogP) is 2.49. The SMILES string of the molecule is CCOCCOc1ccccc1C(=O)NNC(=O)c1ccc(C)cc1. The van der Waals surface area contributed by atoms with E-state index in [1.165, 1.54) is 0 Å². The highest BCUT2D eigenvalue weighted by molar-refractivity contribution is 6.00. The van der Waals surface area contributed by atoms with E-state index < -0.39 is 5.91 Å². The molecule has 0 bridgehead atoms. The maximum Gasteiger partial charge on any atom is 0.273 e. The molecule has 0 atom stereocenters. The summed E-state index contributed by atoms with van der Waals surface area (Å²) < 4.78 is 10.8. The molecule has 0 aliphatic rings. The van der Waals surface area contributed by atoms with Crippen molar-refractivity contribution in [3.63, 3.8) is 0 Å². The lowest BCUT2D eigenvalue weighted by molar-refractivity contribution is 0.0840. The van der Waals surface area contributed by atoms with Crippen LogP contribution in [0.15, 0.2) is 48.5 Å². The van der Waals surface area contributed by atoms with Crippen LogP contribution in [0.1, 0.15) is 33.2 Å². The molecule has 2 aromatic carbocycles. The first-order chi connectivity index (χ1) is 12.1. The van der Waals surface area contributed by atoms with E-state index in [1.54, 1.807) is 36.4 Å². The number of hydrazine groups is 1. The van der Waals surface area contributed by atoms with E-state index in [-0.39, 0.29) is 5.91 Å². The minimum atomic E-state index is -0.451. The molecule has 0 spiro atoms. The number of rotatable bonds is 7. The third kappa shape index (κ3) is 5.61. The van der Waals surface area contributed by atoms with Crippen LogP contribution in [0.25, 0.3) is 0 Å². The van der Waals surface area contributed by atoms with E-state index in [9.17, 15) is 9.59 Å². The van der Waals surface area contributed by atoms with Crippen molar-refractivity contribution in [3.8, 4) is 5.75 Å². The summed E-state index contributed by atoms with van der Waals surface area (Å²) in [7, 11) is 0. The molecule has 2 amide bonds. The zero-order valence-electron chi connectivity index (χ0n) is 14.4. The van der Waals surface area contributed by atoms with Gasteiger partial charge in [-0.3, -0.25) is 20.4 Å². The number of carbonyl (C=O) groups is 2. The normalized spacial score (nSPS) is 10.2. The minimum absolute atomic E-state index is 0.336. The van der Waals surface area contributed by atoms with Crippen molar-refractivity contribution in [2.45, 2.75) is 13.8 Å². The molecule has 0 aliphatic heterocycles. The van der Waals surface area contributed by atoms with E-state index in [0.717, 1.165) is 5.56 Å². The molecule has 25 heavy (non-hydrogen) atoms. The number of aryl methyl sites for hydroxylation is 1. The van der Waals surface area contributed by atoms with E-state index in [1.807, 2.05) is 26.0 Å². The van der Waals surface area contributed by atoms with Crippen LogP contribution in [0.4, 0.5) is 0 Å². The second kappa shape index (κ2) is 9.44. The minimum Gasteiger partial charge on any atom is -0.490 e. The van der Waals surface area contributed by atoms with Gasteiger partial charge in [0.1, 0.15) is 12.4 Å². The zero-order valence-corrected chi connectivity index (χ0v) is 14.4. The topological polar surface area (TPSA) is 76.7 Å². The summed E-state index contributed by atoms with van der Waals surface area (Å²) in [5.74, 6) is -0.403. The first kappa shape index (κ1) is 18.5. The maximum atomic E-state index is 12.3. The Kier molecular flexibility index (Phi) is 6.98. The summed E-state index contributed by atoms with van der Waals surface area (Å²) in [5, 5.41) is 0. The summed E-state index contributed by atoms with van der Waals surface area (Å²) in [4.78, 5) is 24.4. The van der Waals surface area contributed by atoms with Crippen molar-refractivity contribution in [2.24, 2.45) is 0 Å². The number of nitrogens with one attached hydrogen (secondary N) is 2. The highest BCUT2D eigenvalue weighted by atomic mass is 16.5. The molecule has 2 N–H and O–H groups in total. The monoisotopic (exact) mass is 342 g/mol. The van der Waals surface area contributed by atoms with Gasteiger partial charge >= 0.3 is 0 Å². The average molecular weight is 342 g/mol. The lowest BCUT2D eigenvalue weighted by Crippen LogP contribution is -2.41. The Bertz CT molecular complexity index is 714. The molecule has 6 nitrogen and oxygen atoms in total. The van der Waals surface area contributed by atoms with Crippen LogP contribution in [0, 0.1) is 6.92 Å². The number of amides is 2. The van der Waals surface area contributed by atoms with Crippen molar-refractivity contribution < 1.29 is 19.1 Å². The molecule has 0 saturated carbocycles. The Labute approximate surface area is 147 Å². The fourth-order valence-electron chi connectivity index (χ4n) is 2.09. The fourth-order valence-corrected chi connectivity index (χ4v) is 2.09. The Morgan fingerprint density at radius 2 is 1.60 bits per heavy atom. The molecule has 0 aliphatic carbocycles. The number of hydrogen-bond acceptors (Lipinski definition) is 4. The first-order valence-corrected chi connectivity index (χ1v) is 8.08. The predicted molar refractivity (Wildman–Crippen MR) is 94.5 cm³/mol. The van der Waals surface area contributed by atoms with Gasteiger partial charge in [0.2, 0.25) is 0 Å². The van der Waals surface area contributed by atoms with E-state index in [0.29, 0.717) is 36.7 Å². The van der Waals surface area contributed by atoms with Gasteiger partial charge in [0.05, 0.1) is 12.2 Å². The summed E-state index contributed by atoms with van der Waals surface area (Å²) in [6, 6.07) is 13.9. The third-order valence-corrected chi connectivity index (χ3v) is 3.42.